The van der Waals surface area contributed by atoms with Crippen LogP contribution in [0.3, 0.4) is 0 Å². The van der Waals surface area contributed by atoms with Gasteiger partial charge in [0.2, 0.25) is 0 Å². The van der Waals surface area contributed by atoms with Crippen LogP contribution in [0.15, 0.2) is 46.0 Å². The van der Waals surface area contributed by atoms with E-state index in [0.29, 0.717) is 21.4 Å². The summed E-state index contributed by atoms with van der Waals surface area (Å²) in [6.07, 6.45) is 0.257. The first-order valence-electron chi connectivity index (χ1n) is 7.81. The SMILES string of the molecule is CSc1cc(-c2c(C(F)(F)F)nn(-c3ccn(C)n3)c2N)cc2ccoc12. The first-order chi connectivity index (χ1) is 12.8. The van der Waals surface area contributed by atoms with Crippen LogP contribution in [0.1, 0.15) is 5.69 Å². The molecule has 10 heteroatoms. The number of furan rings is 1. The largest absolute Gasteiger partial charge is 0.463 e. The molecule has 0 aliphatic carbocycles. The maximum absolute atomic E-state index is 13.7. The third kappa shape index (κ3) is 2.85. The molecule has 0 saturated carbocycles. The molecule has 0 aliphatic rings. The molecule has 6 nitrogen and oxygen atoms in total. The van der Waals surface area contributed by atoms with Gasteiger partial charge in [0.15, 0.2) is 11.5 Å². The zero-order valence-corrected chi connectivity index (χ0v) is 15.1. The normalized spacial score (nSPS) is 12.2. The number of rotatable bonds is 3. The maximum Gasteiger partial charge on any atom is 0.435 e. The highest BCUT2D eigenvalue weighted by atomic mass is 32.2. The Bertz CT molecular complexity index is 1140. The van der Waals surface area contributed by atoms with Gasteiger partial charge in [0.1, 0.15) is 11.4 Å². The molecule has 0 saturated heterocycles. The molecule has 0 amide bonds. The Kier molecular flexibility index (Phi) is 3.95. The molecular weight excluding hydrogens is 379 g/mol. The Balaban J connectivity index is 2.01. The minimum absolute atomic E-state index is 0.129. The minimum Gasteiger partial charge on any atom is -0.463 e. The molecule has 0 unspecified atom stereocenters. The van der Waals surface area contributed by atoms with E-state index in [9.17, 15) is 13.2 Å². The molecule has 0 spiro atoms. The number of hydrogen-bond acceptors (Lipinski definition) is 5. The summed E-state index contributed by atoms with van der Waals surface area (Å²) in [4.78, 5) is 0.714. The predicted octanol–water partition coefficient (Wildman–Crippen LogP) is 4.34. The van der Waals surface area contributed by atoms with Gasteiger partial charge in [-0.05, 0) is 30.0 Å². The number of alkyl halides is 3. The van der Waals surface area contributed by atoms with Crippen LogP contribution in [0.2, 0.25) is 0 Å². The van der Waals surface area contributed by atoms with Crippen LogP contribution in [0.5, 0.6) is 0 Å². The second-order valence-electron chi connectivity index (χ2n) is 5.88. The van der Waals surface area contributed by atoms with E-state index in [-0.39, 0.29) is 17.2 Å². The van der Waals surface area contributed by atoms with Gasteiger partial charge in [-0.15, -0.1) is 11.8 Å². The van der Waals surface area contributed by atoms with Crippen molar-refractivity contribution in [1.29, 1.82) is 0 Å². The van der Waals surface area contributed by atoms with Gasteiger partial charge in [-0.3, -0.25) is 4.68 Å². The lowest BCUT2D eigenvalue weighted by atomic mass is 10.0. The number of thioether (sulfide) groups is 1. The highest BCUT2D eigenvalue weighted by Crippen LogP contribution is 2.43. The molecule has 3 aromatic heterocycles. The number of nitrogen functional groups attached to an aromatic ring is 1. The zero-order chi connectivity index (χ0) is 19.3. The van der Waals surface area contributed by atoms with E-state index in [1.54, 1.807) is 37.5 Å². The van der Waals surface area contributed by atoms with Crippen LogP contribution in [-0.4, -0.2) is 25.8 Å². The number of aryl methyl sites for hydroxylation is 1. The summed E-state index contributed by atoms with van der Waals surface area (Å²) >= 11 is 1.38. The van der Waals surface area contributed by atoms with Crippen molar-refractivity contribution in [3.63, 3.8) is 0 Å². The van der Waals surface area contributed by atoms with Crippen LogP contribution in [0, 0.1) is 0 Å². The fraction of sp³-hybridized carbons (Fsp3) is 0.176. The number of anilines is 1. The summed E-state index contributed by atoms with van der Waals surface area (Å²) in [6.45, 7) is 0. The van der Waals surface area contributed by atoms with Gasteiger partial charge in [0.05, 0.1) is 16.7 Å². The van der Waals surface area contributed by atoms with Crippen molar-refractivity contribution in [2.24, 2.45) is 7.05 Å². The first-order valence-corrected chi connectivity index (χ1v) is 9.03. The lowest BCUT2D eigenvalue weighted by Crippen LogP contribution is -2.09. The molecule has 2 N–H and O–H groups in total. The molecule has 0 bridgehead atoms. The number of halogens is 3. The highest BCUT2D eigenvalue weighted by Gasteiger charge is 2.40. The summed E-state index contributed by atoms with van der Waals surface area (Å²) in [5.74, 6) is 0.0807. The molecule has 27 heavy (non-hydrogen) atoms. The van der Waals surface area contributed by atoms with Gasteiger partial charge in [-0.1, -0.05) is 0 Å². The van der Waals surface area contributed by atoms with Crippen molar-refractivity contribution >= 4 is 28.5 Å². The molecule has 0 fully saturated rings. The van der Waals surface area contributed by atoms with Crippen LogP contribution < -0.4 is 5.73 Å². The summed E-state index contributed by atoms with van der Waals surface area (Å²) in [5, 5.41) is 8.51. The van der Waals surface area contributed by atoms with E-state index >= 15 is 0 Å². The lowest BCUT2D eigenvalue weighted by Gasteiger charge is -2.09. The molecule has 0 aliphatic heterocycles. The predicted molar refractivity (Wildman–Crippen MR) is 96.7 cm³/mol. The van der Waals surface area contributed by atoms with Crippen molar-refractivity contribution in [3.05, 3.63) is 42.4 Å². The van der Waals surface area contributed by atoms with Crippen LogP contribution in [-0.2, 0) is 13.2 Å². The topological polar surface area (TPSA) is 74.8 Å². The summed E-state index contributed by atoms with van der Waals surface area (Å²) in [7, 11) is 1.66. The fourth-order valence-electron chi connectivity index (χ4n) is 2.95. The van der Waals surface area contributed by atoms with Gasteiger partial charge in [-0.2, -0.15) is 28.1 Å². The third-order valence-corrected chi connectivity index (χ3v) is 4.87. The van der Waals surface area contributed by atoms with Crippen molar-refractivity contribution in [2.45, 2.75) is 11.1 Å². The second-order valence-corrected chi connectivity index (χ2v) is 6.73. The monoisotopic (exact) mass is 393 g/mol. The number of benzene rings is 1. The fourth-order valence-corrected chi connectivity index (χ4v) is 3.55. The average Bonchev–Trinajstić information content (AvgIpc) is 3.31. The van der Waals surface area contributed by atoms with E-state index in [4.69, 9.17) is 10.2 Å². The van der Waals surface area contributed by atoms with Crippen molar-refractivity contribution < 1.29 is 17.6 Å². The summed E-state index contributed by atoms with van der Waals surface area (Å²) < 4.78 is 49.0. The average molecular weight is 393 g/mol. The molecule has 1 aromatic carbocycles. The Morgan fingerprint density at radius 3 is 2.59 bits per heavy atom. The van der Waals surface area contributed by atoms with E-state index in [1.807, 2.05) is 6.26 Å². The Labute approximate surface area is 155 Å². The maximum atomic E-state index is 13.7. The van der Waals surface area contributed by atoms with Gasteiger partial charge < -0.3 is 10.2 Å². The Hall–Kier alpha value is -2.88. The summed E-state index contributed by atoms with van der Waals surface area (Å²) in [6, 6.07) is 6.48. The van der Waals surface area contributed by atoms with E-state index in [2.05, 4.69) is 10.2 Å². The Morgan fingerprint density at radius 2 is 1.96 bits per heavy atom. The summed E-state index contributed by atoms with van der Waals surface area (Å²) in [5.41, 5.74) is 5.82. The smallest absolute Gasteiger partial charge is 0.435 e. The van der Waals surface area contributed by atoms with E-state index in [1.165, 1.54) is 22.7 Å². The van der Waals surface area contributed by atoms with Crippen LogP contribution in [0.4, 0.5) is 19.0 Å². The number of aromatic nitrogens is 4. The molecule has 4 aromatic rings. The molecule has 4 rings (SSSR count). The van der Waals surface area contributed by atoms with Gasteiger partial charge in [0, 0.05) is 24.7 Å². The molecule has 3 heterocycles. The van der Waals surface area contributed by atoms with Gasteiger partial charge in [-0.25, -0.2) is 0 Å². The lowest BCUT2D eigenvalue weighted by molar-refractivity contribution is -0.140. The molecule has 0 atom stereocenters. The minimum atomic E-state index is -4.67. The first kappa shape index (κ1) is 17.5. The van der Waals surface area contributed by atoms with Crippen LogP contribution >= 0.6 is 11.8 Å². The van der Waals surface area contributed by atoms with E-state index < -0.39 is 11.9 Å². The molecular formula is C17H14F3N5OS. The number of nitrogens with two attached hydrogens (primary N) is 1. The molecule has 0 radical (unpaired) electrons. The third-order valence-electron chi connectivity index (χ3n) is 4.13. The quantitative estimate of drug-likeness (QED) is 0.524. The van der Waals surface area contributed by atoms with Crippen molar-refractivity contribution in [3.8, 4) is 16.9 Å². The number of hydrogen-bond donors (Lipinski definition) is 1. The second kappa shape index (κ2) is 6.08. The standard InChI is InChI=1S/C17H14F3N5OS/c1-24-5-3-12(22-24)25-16(21)13(15(23-25)17(18,19)20)10-7-9-4-6-26-14(9)11(8-10)27-2/h3-8H,21H2,1-2H3. The van der Waals surface area contributed by atoms with Gasteiger partial charge in [0.25, 0.3) is 0 Å². The highest BCUT2D eigenvalue weighted by molar-refractivity contribution is 7.98. The van der Waals surface area contributed by atoms with E-state index in [0.717, 1.165) is 4.68 Å². The number of nitrogens with zero attached hydrogens (tertiary/aromatic N) is 4. The molecule has 140 valence electrons. The van der Waals surface area contributed by atoms with Gasteiger partial charge >= 0.3 is 6.18 Å². The zero-order valence-electron chi connectivity index (χ0n) is 14.3. The van der Waals surface area contributed by atoms with Crippen molar-refractivity contribution in [2.75, 3.05) is 12.0 Å². The Morgan fingerprint density at radius 1 is 1.19 bits per heavy atom. The van der Waals surface area contributed by atoms with Crippen molar-refractivity contribution in [1.82, 2.24) is 19.6 Å². The number of fused-ring (bicyclic) bond motifs is 1. The van der Waals surface area contributed by atoms with Crippen LogP contribution in [0.25, 0.3) is 27.9 Å².